The Kier molecular flexibility index (Phi) is 4.22. The lowest BCUT2D eigenvalue weighted by atomic mass is 10.4. The van der Waals surface area contributed by atoms with Gasteiger partial charge in [-0.05, 0) is 6.08 Å². The van der Waals surface area contributed by atoms with Gasteiger partial charge < -0.3 is 10.4 Å². The molecule has 50 valence electrons. The van der Waals surface area contributed by atoms with E-state index < -0.39 is 0 Å². The van der Waals surface area contributed by atoms with Gasteiger partial charge in [-0.25, -0.2) is 0 Å². The van der Waals surface area contributed by atoms with Crippen LogP contribution in [0.1, 0.15) is 0 Å². The Morgan fingerprint density at radius 2 is 2.44 bits per heavy atom. The first kappa shape index (κ1) is 7.75. The number of nitrogens with one attached hydrogen (secondary N) is 1. The lowest BCUT2D eigenvalue weighted by Crippen LogP contribution is -2.13. The highest BCUT2D eigenvalue weighted by Gasteiger charge is 1.85. The molecular weight excluding hydrogens is 118 g/mol. The predicted molar refractivity (Wildman–Crippen MR) is 35.0 cm³/mol. The lowest BCUT2D eigenvalue weighted by molar-refractivity contribution is -0.109. The number of allylic oxidation sites excluding steroid dienone is 2. The summed E-state index contributed by atoms with van der Waals surface area (Å²) in [5, 5.41) is 11.0. The molecule has 0 rings (SSSR count). The van der Waals surface area contributed by atoms with E-state index in [9.17, 15) is 4.79 Å². The van der Waals surface area contributed by atoms with Crippen molar-refractivity contribution in [1.29, 1.82) is 0 Å². The van der Waals surface area contributed by atoms with Crippen molar-refractivity contribution in [2.24, 2.45) is 0 Å². The van der Waals surface area contributed by atoms with Gasteiger partial charge >= 0.3 is 0 Å². The summed E-state index contributed by atoms with van der Waals surface area (Å²) in [6, 6.07) is 0. The number of carbonyl (C=O) groups is 1. The van der Waals surface area contributed by atoms with Crippen LogP contribution >= 0.6 is 0 Å². The maximum absolute atomic E-state index is 9.64. The molecule has 0 fully saturated rings. The molecule has 3 nitrogen and oxygen atoms in total. The molecule has 0 aromatic rings. The highest BCUT2D eigenvalue weighted by atomic mass is 16.3. The summed E-state index contributed by atoms with van der Waals surface area (Å²) in [6.45, 7) is 3.52. The van der Waals surface area contributed by atoms with E-state index in [-0.39, 0.29) is 12.3 Å². The smallest absolute Gasteiger partial charge is 0.207 e. The number of aliphatic hydroxyl groups excluding tert-OH is 1. The Morgan fingerprint density at radius 1 is 1.78 bits per heavy atom. The first-order chi connectivity index (χ1) is 4.31. The standard InChI is InChI=1S/C6H9NO2/c1-2-3-6(9)4-7-5-8/h2-3,5,9H,1,4H2,(H,7,8)/b6-3-. The lowest BCUT2D eigenvalue weighted by Gasteiger charge is -1.93. The fourth-order valence-corrected chi connectivity index (χ4v) is 0.341. The van der Waals surface area contributed by atoms with Crippen LogP contribution in [-0.4, -0.2) is 18.1 Å². The van der Waals surface area contributed by atoms with Crippen LogP contribution in [-0.2, 0) is 4.79 Å². The van der Waals surface area contributed by atoms with Gasteiger partial charge in [0.15, 0.2) is 0 Å². The zero-order valence-corrected chi connectivity index (χ0v) is 5.00. The molecule has 0 aliphatic carbocycles. The Bertz CT molecular complexity index is 129. The summed E-state index contributed by atoms with van der Waals surface area (Å²) in [5.41, 5.74) is 0. The van der Waals surface area contributed by atoms with E-state index in [1.54, 1.807) is 0 Å². The van der Waals surface area contributed by atoms with Crippen molar-refractivity contribution in [1.82, 2.24) is 5.32 Å². The summed E-state index contributed by atoms with van der Waals surface area (Å²) < 4.78 is 0. The molecule has 0 saturated heterocycles. The molecule has 0 heterocycles. The molecule has 0 atom stereocenters. The minimum atomic E-state index is 0.0945. The van der Waals surface area contributed by atoms with Gasteiger partial charge in [-0.15, -0.1) is 0 Å². The summed E-state index contributed by atoms with van der Waals surface area (Å²) in [5.74, 6) is 0.0945. The molecule has 0 saturated carbocycles. The van der Waals surface area contributed by atoms with Gasteiger partial charge in [0.2, 0.25) is 6.41 Å². The maximum Gasteiger partial charge on any atom is 0.207 e. The van der Waals surface area contributed by atoms with E-state index >= 15 is 0 Å². The van der Waals surface area contributed by atoms with Crippen LogP contribution in [0.25, 0.3) is 0 Å². The highest BCUT2D eigenvalue weighted by Crippen LogP contribution is 1.82. The van der Waals surface area contributed by atoms with Gasteiger partial charge in [-0.3, -0.25) is 4.79 Å². The maximum atomic E-state index is 9.64. The van der Waals surface area contributed by atoms with E-state index in [2.05, 4.69) is 11.9 Å². The average molecular weight is 127 g/mol. The first-order valence-electron chi connectivity index (χ1n) is 2.49. The molecule has 0 bridgehead atoms. The third-order valence-corrected chi connectivity index (χ3v) is 0.677. The number of aliphatic hydroxyl groups is 1. The van der Waals surface area contributed by atoms with Crippen LogP contribution in [0, 0.1) is 0 Å². The van der Waals surface area contributed by atoms with Gasteiger partial charge in [0.05, 0.1) is 6.54 Å². The Balaban J connectivity index is 3.47. The summed E-state index contributed by atoms with van der Waals surface area (Å²) in [6.07, 6.45) is 3.38. The molecule has 0 unspecified atom stereocenters. The molecule has 9 heavy (non-hydrogen) atoms. The molecule has 2 N–H and O–H groups in total. The predicted octanol–water partition coefficient (Wildman–Crippen LogP) is 0.360. The van der Waals surface area contributed by atoms with Crippen LogP contribution in [0.15, 0.2) is 24.5 Å². The summed E-state index contributed by atoms with van der Waals surface area (Å²) in [4.78, 5) is 9.64. The average Bonchev–Trinajstić information content (AvgIpc) is 1.85. The highest BCUT2D eigenvalue weighted by molar-refractivity contribution is 5.46. The van der Waals surface area contributed by atoms with Crippen molar-refractivity contribution < 1.29 is 9.90 Å². The van der Waals surface area contributed by atoms with Gasteiger partial charge in [-0.1, -0.05) is 12.7 Å². The number of rotatable bonds is 4. The van der Waals surface area contributed by atoms with Crippen LogP contribution in [0.2, 0.25) is 0 Å². The molecule has 0 aliphatic heterocycles. The minimum absolute atomic E-state index is 0.0945. The molecule has 1 amide bonds. The van der Waals surface area contributed by atoms with Gasteiger partial charge in [0.1, 0.15) is 5.76 Å². The quantitative estimate of drug-likeness (QED) is 0.325. The van der Waals surface area contributed by atoms with Crippen LogP contribution in [0.5, 0.6) is 0 Å². The van der Waals surface area contributed by atoms with E-state index in [1.165, 1.54) is 12.2 Å². The van der Waals surface area contributed by atoms with Crippen molar-refractivity contribution in [3.8, 4) is 0 Å². The van der Waals surface area contributed by atoms with Crippen molar-refractivity contribution in [3.63, 3.8) is 0 Å². The summed E-state index contributed by atoms with van der Waals surface area (Å²) in [7, 11) is 0. The SMILES string of the molecule is C=C/C=C(\O)CNC=O. The van der Waals surface area contributed by atoms with Crippen molar-refractivity contribution in [2.75, 3.05) is 6.54 Å². The molecule has 0 spiro atoms. The normalized spacial score (nSPS) is 10.4. The Morgan fingerprint density at radius 3 is 2.89 bits per heavy atom. The Hall–Kier alpha value is -1.25. The van der Waals surface area contributed by atoms with E-state index in [1.807, 2.05) is 0 Å². The third-order valence-electron chi connectivity index (χ3n) is 0.677. The van der Waals surface area contributed by atoms with Gasteiger partial charge in [0.25, 0.3) is 0 Å². The molecule has 0 radical (unpaired) electrons. The fraction of sp³-hybridized carbons (Fsp3) is 0.167. The second-order valence-corrected chi connectivity index (χ2v) is 1.39. The molecule has 3 heteroatoms. The van der Waals surface area contributed by atoms with Crippen molar-refractivity contribution >= 4 is 6.41 Å². The molecule has 0 aromatic carbocycles. The number of amides is 1. The zero-order chi connectivity index (χ0) is 7.11. The zero-order valence-electron chi connectivity index (χ0n) is 5.00. The molecular formula is C6H9NO2. The monoisotopic (exact) mass is 127 g/mol. The number of hydrogen-bond acceptors (Lipinski definition) is 2. The number of hydrogen-bond donors (Lipinski definition) is 2. The largest absolute Gasteiger partial charge is 0.510 e. The topological polar surface area (TPSA) is 49.3 Å². The first-order valence-corrected chi connectivity index (χ1v) is 2.49. The fourth-order valence-electron chi connectivity index (χ4n) is 0.341. The second kappa shape index (κ2) is 4.90. The molecule has 0 aromatic heterocycles. The number of carbonyl (C=O) groups excluding carboxylic acids is 1. The van der Waals surface area contributed by atoms with E-state index in [4.69, 9.17) is 5.11 Å². The second-order valence-electron chi connectivity index (χ2n) is 1.39. The van der Waals surface area contributed by atoms with Crippen molar-refractivity contribution in [2.45, 2.75) is 0 Å². The Labute approximate surface area is 53.7 Å². The van der Waals surface area contributed by atoms with Crippen LogP contribution < -0.4 is 5.32 Å². The van der Waals surface area contributed by atoms with Crippen LogP contribution in [0.3, 0.4) is 0 Å². The van der Waals surface area contributed by atoms with Crippen LogP contribution in [0.4, 0.5) is 0 Å². The van der Waals surface area contributed by atoms with Crippen molar-refractivity contribution in [3.05, 3.63) is 24.5 Å². The van der Waals surface area contributed by atoms with Gasteiger partial charge in [0, 0.05) is 0 Å². The molecule has 0 aliphatic rings. The summed E-state index contributed by atoms with van der Waals surface area (Å²) >= 11 is 0. The van der Waals surface area contributed by atoms with E-state index in [0.717, 1.165) is 0 Å². The third kappa shape index (κ3) is 4.61. The minimum Gasteiger partial charge on any atom is -0.510 e. The van der Waals surface area contributed by atoms with E-state index in [0.29, 0.717) is 6.41 Å². The van der Waals surface area contributed by atoms with Gasteiger partial charge in [-0.2, -0.15) is 0 Å².